The third-order valence-corrected chi connectivity index (χ3v) is 2.07. The van der Waals surface area contributed by atoms with Crippen molar-refractivity contribution in [3.05, 3.63) is 0 Å². The molecule has 1 saturated heterocycles. The molecule has 57 valence electrons. The topological polar surface area (TPSA) is 15.6 Å². The predicted octanol–water partition coefficient (Wildman–Crippen LogP) is 0.882. The van der Waals surface area contributed by atoms with Gasteiger partial charge >= 0.3 is 0 Å². The Balaban J connectivity index is 0.000000500. The number of hydrogen-bond acceptors (Lipinski definition) is 2. The van der Waals surface area contributed by atoms with Crippen molar-refractivity contribution in [1.29, 1.82) is 0 Å². The molecule has 0 aromatic carbocycles. The molecule has 2 aliphatic rings. The second-order valence-corrected chi connectivity index (χ2v) is 2.74. The summed E-state index contributed by atoms with van der Waals surface area (Å²) in [4.78, 5) is 6.85. The summed E-state index contributed by atoms with van der Waals surface area (Å²) in [5, 5.41) is 0. The van der Waals surface area contributed by atoms with E-state index in [-0.39, 0.29) is 20.4 Å². The van der Waals surface area contributed by atoms with Gasteiger partial charge in [-0.3, -0.25) is 4.99 Å². The molecule has 0 atom stereocenters. The van der Waals surface area contributed by atoms with Crippen LogP contribution in [0.5, 0.6) is 0 Å². The third-order valence-electron chi connectivity index (χ3n) is 2.07. The molecule has 2 heterocycles. The number of fused-ring (bicyclic) bond motifs is 1. The van der Waals surface area contributed by atoms with Crippen LogP contribution in [0.15, 0.2) is 4.99 Å². The van der Waals surface area contributed by atoms with Crippen molar-refractivity contribution < 1.29 is 20.4 Å². The number of nitrogens with zero attached hydrogens (tertiary/aromatic N) is 2. The van der Waals surface area contributed by atoms with E-state index in [1.54, 1.807) is 0 Å². The van der Waals surface area contributed by atoms with E-state index in [9.17, 15) is 0 Å². The van der Waals surface area contributed by atoms with Crippen LogP contribution < -0.4 is 0 Å². The Hall–Kier alpha value is 0.132. The minimum atomic E-state index is 0. The third kappa shape index (κ3) is 1.41. The minimum Gasteiger partial charge on any atom is -0.360 e. The van der Waals surface area contributed by atoms with E-state index in [2.05, 4.69) is 9.89 Å². The molecule has 0 aliphatic carbocycles. The normalized spacial score (nSPS) is 23.2. The Kier molecular flexibility index (Phi) is 2.88. The summed E-state index contributed by atoms with van der Waals surface area (Å²) in [7, 11) is 0. The van der Waals surface area contributed by atoms with Gasteiger partial charge in [-0.05, 0) is 12.8 Å². The van der Waals surface area contributed by atoms with Crippen molar-refractivity contribution in [2.45, 2.75) is 19.3 Å². The van der Waals surface area contributed by atoms with Crippen LogP contribution in [0.2, 0.25) is 0 Å². The molecule has 0 aromatic rings. The van der Waals surface area contributed by atoms with Gasteiger partial charge in [0, 0.05) is 46.5 Å². The Bertz CT molecular complexity index is 145. The van der Waals surface area contributed by atoms with Crippen LogP contribution in [0.1, 0.15) is 19.3 Å². The van der Waals surface area contributed by atoms with E-state index in [1.165, 1.54) is 38.2 Å². The number of amidine groups is 1. The summed E-state index contributed by atoms with van der Waals surface area (Å²) in [5.41, 5.74) is 0. The van der Waals surface area contributed by atoms with Gasteiger partial charge in [-0.25, -0.2) is 0 Å². The molecule has 2 aliphatic heterocycles. The van der Waals surface area contributed by atoms with Gasteiger partial charge in [0.05, 0.1) is 5.84 Å². The van der Waals surface area contributed by atoms with Gasteiger partial charge in [0.1, 0.15) is 0 Å². The van der Waals surface area contributed by atoms with Gasteiger partial charge < -0.3 is 4.90 Å². The Morgan fingerprint density at radius 3 is 2.80 bits per heavy atom. The zero-order valence-electron chi connectivity index (χ0n) is 6.02. The summed E-state index contributed by atoms with van der Waals surface area (Å²) >= 11 is 0. The largest absolute Gasteiger partial charge is 0.360 e. The fourth-order valence-electron chi connectivity index (χ4n) is 1.60. The average molecular weight is 310 g/mol. The molecule has 10 heavy (non-hydrogen) atoms. The first kappa shape index (κ1) is 8.23. The van der Waals surface area contributed by atoms with Gasteiger partial charge in [0.15, 0.2) is 0 Å². The standard InChI is InChI=1S/C7H12N2.Re/c1-3-7-8-4-2-6-9(7)5-1;/h1-6H2;. The summed E-state index contributed by atoms with van der Waals surface area (Å²) in [6.07, 6.45) is 3.84. The Labute approximate surface area is 75.4 Å². The molecule has 0 spiro atoms. The molecular weight excluding hydrogens is 298 g/mol. The van der Waals surface area contributed by atoms with E-state index in [4.69, 9.17) is 0 Å². The van der Waals surface area contributed by atoms with Crippen LogP contribution in [-0.2, 0) is 20.4 Å². The molecule has 0 bridgehead atoms. The zero-order chi connectivity index (χ0) is 6.10. The monoisotopic (exact) mass is 311 g/mol. The molecule has 3 heteroatoms. The van der Waals surface area contributed by atoms with Crippen molar-refractivity contribution in [3.63, 3.8) is 0 Å². The van der Waals surface area contributed by atoms with Crippen molar-refractivity contribution in [2.75, 3.05) is 19.6 Å². The first-order valence-corrected chi connectivity index (χ1v) is 3.75. The van der Waals surface area contributed by atoms with E-state index < -0.39 is 0 Å². The van der Waals surface area contributed by atoms with Gasteiger partial charge in [-0.15, -0.1) is 0 Å². The first-order valence-electron chi connectivity index (χ1n) is 3.75. The first-order chi connectivity index (χ1) is 4.47. The quantitative estimate of drug-likeness (QED) is 0.649. The maximum atomic E-state index is 4.43. The maximum Gasteiger partial charge on any atom is 0.0989 e. The maximum absolute atomic E-state index is 4.43. The van der Waals surface area contributed by atoms with Crippen LogP contribution in [-0.4, -0.2) is 30.4 Å². The number of rotatable bonds is 0. The predicted molar refractivity (Wildman–Crippen MR) is 37.7 cm³/mol. The Morgan fingerprint density at radius 2 is 2.00 bits per heavy atom. The second kappa shape index (κ2) is 3.50. The molecule has 0 unspecified atom stereocenters. The second-order valence-electron chi connectivity index (χ2n) is 2.74. The van der Waals surface area contributed by atoms with Crippen molar-refractivity contribution >= 4 is 5.84 Å². The summed E-state index contributed by atoms with van der Waals surface area (Å²) in [6, 6.07) is 0. The molecule has 0 aromatic heterocycles. The van der Waals surface area contributed by atoms with Crippen LogP contribution in [0.3, 0.4) is 0 Å². The minimum absolute atomic E-state index is 0. The molecule has 2 rings (SSSR count). The van der Waals surface area contributed by atoms with Gasteiger partial charge in [0.25, 0.3) is 0 Å². The number of aliphatic imine (C=N–C) groups is 1. The Morgan fingerprint density at radius 1 is 1.20 bits per heavy atom. The van der Waals surface area contributed by atoms with Crippen molar-refractivity contribution in [3.8, 4) is 0 Å². The van der Waals surface area contributed by atoms with Crippen LogP contribution in [0.4, 0.5) is 0 Å². The van der Waals surface area contributed by atoms with Gasteiger partial charge in [0.2, 0.25) is 0 Å². The zero-order valence-corrected chi connectivity index (χ0v) is 8.73. The van der Waals surface area contributed by atoms with Gasteiger partial charge in [-0.2, -0.15) is 0 Å². The number of hydrogen-bond donors (Lipinski definition) is 0. The molecular formula is C7H12N2Re. The molecule has 0 amide bonds. The molecule has 2 nitrogen and oxygen atoms in total. The molecule has 1 fully saturated rings. The van der Waals surface area contributed by atoms with Crippen molar-refractivity contribution in [1.82, 2.24) is 4.90 Å². The van der Waals surface area contributed by atoms with Crippen molar-refractivity contribution in [2.24, 2.45) is 4.99 Å². The molecule has 1 radical (unpaired) electrons. The summed E-state index contributed by atoms with van der Waals surface area (Å²) in [5.74, 6) is 1.38. The summed E-state index contributed by atoms with van der Waals surface area (Å²) < 4.78 is 0. The van der Waals surface area contributed by atoms with Gasteiger partial charge in [-0.1, -0.05) is 0 Å². The fraction of sp³-hybridized carbons (Fsp3) is 0.857. The smallest absolute Gasteiger partial charge is 0.0989 e. The van der Waals surface area contributed by atoms with Crippen LogP contribution in [0, 0.1) is 0 Å². The van der Waals surface area contributed by atoms with Crippen LogP contribution in [0.25, 0.3) is 0 Å². The fourth-order valence-corrected chi connectivity index (χ4v) is 1.60. The molecule has 0 saturated carbocycles. The molecule has 0 N–H and O–H groups in total. The van der Waals surface area contributed by atoms with E-state index >= 15 is 0 Å². The summed E-state index contributed by atoms with van der Waals surface area (Å²) in [6.45, 7) is 3.60. The van der Waals surface area contributed by atoms with E-state index in [1.807, 2.05) is 0 Å². The van der Waals surface area contributed by atoms with E-state index in [0.29, 0.717) is 0 Å². The van der Waals surface area contributed by atoms with Crippen LogP contribution >= 0.6 is 0 Å². The SMILES string of the molecule is C1CN=C2CCCN2C1.[Re]. The average Bonchev–Trinajstić information content (AvgIpc) is 2.33. The van der Waals surface area contributed by atoms with E-state index in [0.717, 1.165) is 6.54 Å².